The normalized spacial score (nSPS) is 17.3. The van der Waals surface area contributed by atoms with Gasteiger partial charge >= 0.3 is 5.97 Å². The molecule has 0 saturated carbocycles. The van der Waals surface area contributed by atoms with Crippen LogP contribution < -0.4 is 0 Å². The van der Waals surface area contributed by atoms with Crippen LogP contribution in [0.25, 0.3) is 21.9 Å². The second-order valence-electron chi connectivity index (χ2n) is 11.2. The van der Waals surface area contributed by atoms with Crippen LogP contribution in [0.4, 0.5) is 0 Å². The lowest BCUT2D eigenvalue weighted by Crippen LogP contribution is -2.36. The summed E-state index contributed by atoms with van der Waals surface area (Å²) < 4.78 is 12.1. The van der Waals surface area contributed by atoms with Crippen LogP contribution in [0.3, 0.4) is 0 Å². The molecule has 0 bridgehead atoms. The van der Waals surface area contributed by atoms with Crippen LogP contribution in [0.5, 0.6) is 0 Å². The Morgan fingerprint density at radius 1 is 0.971 bits per heavy atom. The van der Waals surface area contributed by atoms with Crippen LogP contribution in [-0.4, -0.2) is 20.9 Å². The molecular formula is C31H40O3Si. The molecule has 0 aromatic heterocycles. The van der Waals surface area contributed by atoms with Crippen LogP contribution >= 0.6 is 0 Å². The van der Waals surface area contributed by atoms with Gasteiger partial charge in [-0.05, 0) is 102 Å². The molecular weight excluding hydrogens is 448 g/mol. The van der Waals surface area contributed by atoms with Gasteiger partial charge in [0.25, 0.3) is 0 Å². The van der Waals surface area contributed by atoms with Gasteiger partial charge in [-0.2, -0.15) is 0 Å². The number of carbonyl (C=O) groups is 1. The van der Waals surface area contributed by atoms with Crippen molar-refractivity contribution in [3.63, 3.8) is 0 Å². The topological polar surface area (TPSA) is 35.5 Å². The highest BCUT2D eigenvalue weighted by atomic mass is 28.4. The minimum Gasteiger partial charge on any atom is -0.462 e. The Labute approximate surface area is 212 Å². The van der Waals surface area contributed by atoms with E-state index in [0.29, 0.717) is 12.2 Å². The lowest BCUT2D eigenvalue weighted by atomic mass is 9.71. The Balaban J connectivity index is 1.68. The summed E-state index contributed by atoms with van der Waals surface area (Å²) in [5.74, 6) is -0.271. The molecule has 3 nitrogen and oxygen atoms in total. The smallest absolute Gasteiger partial charge is 0.338 e. The third-order valence-corrected chi connectivity index (χ3v) is 9.92. The summed E-state index contributed by atoms with van der Waals surface area (Å²) in [7, 11) is -1.72. The minimum atomic E-state index is -1.72. The SMILES string of the molecule is CCCC[Si](C)(C)OC1CCC(C)(C)c2ccc(-c3ccc4cc(C(=O)OCC)ccc4c3)cc21. The van der Waals surface area contributed by atoms with E-state index < -0.39 is 8.32 Å². The number of rotatable bonds is 8. The lowest BCUT2D eigenvalue weighted by molar-refractivity contribution is 0.0526. The lowest BCUT2D eigenvalue weighted by Gasteiger charge is -2.40. The van der Waals surface area contributed by atoms with Crippen LogP contribution in [0, 0.1) is 0 Å². The van der Waals surface area contributed by atoms with Crippen LogP contribution in [0.2, 0.25) is 19.1 Å². The molecule has 0 spiro atoms. The fourth-order valence-corrected chi connectivity index (χ4v) is 7.68. The van der Waals surface area contributed by atoms with Gasteiger partial charge in [0.05, 0.1) is 18.3 Å². The molecule has 3 aromatic rings. The number of fused-ring (bicyclic) bond motifs is 2. The third kappa shape index (κ3) is 5.70. The average Bonchev–Trinajstić information content (AvgIpc) is 2.84. The molecule has 35 heavy (non-hydrogen) atoms. The first-order chi connectivity index (χ1) is 16.6. The van der Waals surface area contributed by atoms with Gasteiger partial charge < -0.3 is 9.16 Å². The van der Waals surface area contributed by atoms with Gasteiger partial charge in [-0.25, -0.2) is 4.79 Å². The average molecular weight is 489 g/mol. The van der Waals surface area contributed by atoms with Crippen molar-refractivity contribution in [3.05, 3.63) is 71.3 Å². The maximum Gasteiger partial charge on any atom is 0.338 e. The van der Waals surface area contributed by atoms with Gasteiger partial charge in [0.15, 0.2) is 8.32 Å². The zero-order chi connectivity index (χ0) is 25.2. The van der Waals surface area contributed by atoms with E-state index in [1.165, 1.54) is 41.1 Å². The third-order valence-electron chi connectivity index (χ3n) is 7.44. The monoisotopic (exact) mass is 488 g/mol. The molecule has 4 rings (SSSR count). The van der Waals surface area contributed by atoms with Crippen molar-refractivity contribution in [1.82, 2.24) is 0 Å². The number of carbonyl (C=O) groups excluding carboxylic acids is 1. The number of hydrogen-bond donors (Lipinski definition) is 0. The van der Waals surface area contributed by atoms with Crippen molar-refractivity contribution < 1.29 is 14.0 Å². The zero-order valence-electron chi connectivity index (χ0n) is 22.2. The van der Waals surface area contributed by atoms with E-state index in [0.717, 1.165) is 23.6 Å². The van der Waals surface area contributed by atoms with E-state index in [2.05, 4.69) is 70.3 Å². The van der Waals surface area contributed by atoms with E-state index >= 15 is 0 Å². The van der Waals surface area contributed by atoms with Crippen LogP contribution in [-0.2, 0) is 14.6 Å². The first-order valence-corrected chi connectivity index (χ1v) is 16.3. The highest BCUT2D eigenvalue weighted by molar-refractivity contribution is 6.71. The maximum absolute atomic E-state index is 12.1. The van der Waals surface area contributed by atoms with Crippen molar-refractivity contribution in [2.45, 2.75) is 84.0 Å². The molecule has 0 radical (unpaired) electrons. The molecule has 3 aromatic carbocycles. The Bertz CT molecular complexity index is 1210. The Morgan fingerprint density at radius 2 is 1.66 bits per heavy atom. The molecule has 0 aliphatic heterocycles. The molecule has 4 heteroatoms. The summed E-state index contributed by atoms with van der Waals surface area (Å²) in [5.41, 5.74) is 5.97. The zero-order valence-corrected chi connectivity index (χ0v) is 23.2. The van der Waals surface area contributed by atoms with Crippen LogP contribution in [0.15, 0.2) is 54.6 Å². The van der Waals surface area contributed by atoms with E-state index in [1.807, 2.05) is 25.1 Å². The summed E-state index contributed by atoms with van der Waals surface area (Å²) >= 11 is 0. The molecule has 0 fully saturated rings. The van der Waals surface area contributed by atoms with Crippen molar-refractivity contribution in [2.75, 3.05) is 6.61 Å². The predicted molar refractivity (Wildman–Crippen MR) is 149 cm³/mol. The van der Waals surface area contributed by atoms with Crippen molar-refractivity contribution >= 4 is 25.1 Å². The number of benzene rings is 3. The predicted octanol–water partition coefficient (Wildman–Crippen LogP) is 8.82. The molecule has 1 unspecified atom stereocenters. The van der Waals surface area contributed by atoms with Crippen molar-refractivity contribution in [2.24, 2.45) is 0 Å². The van der Waals surface area contributed by atoms with Gasteiger partial charge in [0, 0.05) is 0 Å². The van der Waals surface area contributed by atoms with Gasteiger partial charge in [-0.15, -0.1) is 0 Å². The molecule has 0 amide bonds. The Morgan fingerprint density at radius 3 is 2.40 bits per heavy atom. The molecule has 1 aliphatic rings. The van der Waals surface area contributed by atoms with E-state index in [4.69, 9.17) is 9.16 Å². The van der Waals surface area contributed by atoms with E-state index in [9.17, 15) is 4.79 Å². The largest absolute Gasteiger partial charge is 0.462 e. The number of hydrogen-bond acceptors (Lipinski definition) is 3. The van der Waals surface area contributed by atoms with Gasteiger partial charge in [0.2, 0.25) is 0 Å². The van der Waals surface area contributed by atoms with E-state index in [-0.39, 0.29) is 17.5 Å². The fourth-order valence-electron chi connectivity index (χ4n) is 5.34. The van der Waals surface area contributed by atoms with E-state index in [1.54, 1.807) is 0 Å². The fraction of sp³-hybridized carbons (Fsp3) is 0.452. The van der Waals surface area contributed by atoms with Gasteiger partial charge in [0.1, 0.15) is 0 Å². The quantitative estimate of drug-likeness (QED) is 0.235. The summed E-state index contributed by atoms with van der Waals surface area (Å²) in [5, 5.41) is 2.16. The molecule has 1 aliphatic carbocycles. The highest BCUT2D eigenvalue weighted by Gasteiger charge is 2.36. The molecule has 0 saturated heterocycles. The number of ether oxygens (including phenoxy) is 1. The van der Waals surface area contributed by atoms with Gasteiger partial charge in [-0.3, -0.25) is 0 Å². The molecule has 186 valence electrons. The standard InChI is InChI=1S/C31H40O3Si/c1-7-9-18-35(5,6)34-29-16-17-31(3,4)28-15-14-25(21-27(28)29)23-10-11-24-20-26(30(32)33-8-2)13-12-22(24)19-23/h10-15,19-21,29H,7-9,16-18H2,1-6H3. The molecule has 0 heterocycles. The van der Waals surface area contributed by atoms with Gasteiger partial charge in [-0.1, -0.05) is 63.9 Å². The number of unbranched alkanes of at least 4 members (excludes halogenated alkanes) is 1. The summed E-state index contributed by atoms with van der Waals surface area (Å²) in [6, 6.07) is 20.4. The summed E-state index contributed by atoms with van der Waals surface area (Å²) in [4.78, 5) is 12.1. The second-order valence-corrected chi connectivity index (χ2v) is 15.4. The Hall–Kier alpha value is -2.43. The summed E-state index contributed by atoms with van der Waals surface area (Å²) in [6.07, 6.45) is 4.89. The Kier molecular flexibility index (Phi) is 7.53. The molecule has 1 atom stereocenters. The number of esters is 1. The minimum absolute atomic E-state index is 0.162. The first kappa shape index (κ1) is 25.7. The van der Waals surface area contributed by atoms with Crippen LogP contribution in [0.1, 0.15) is 81.0 Å². The maximum atomic E-state index is 12.1. The highest BCUT2D eigenvalue weighted by Crippen LogP contribution is 2.45. The second kappa shape index (κ2) is 10.3. The van der Waals surface area contributed by atoms with Crippen molar-refractivity contribution in [3.8, 4) is 11.1 Å². The first-order valence-electron chi connectivity index (χ1n) is 13.2. The molecule has 0 N–H and O–H groups in total. The van der Waals surface area contributed by atoms with Crippen molar-refractivity contribution in [1.29, 1.82) is 0 Å². The summed E-state index contributed by atoms with van der Waals surface area (Å²) in [6.45, 7) is 13.9.